The molecule has 0 unspecified atom stereocenters. The third-order valence-corrected chi connectivity index (χ3v) is 9.38. The van der Waals surface area contributed by atoms with Crippen molar-refractivity contribution >= 4 is 35.5 Å². The third kappa shape index (κ3) is 6.41. The zero-order chi connectivity index (χ0) is 31.2. The van der Waals surface area contributed by atoms with Crippen molar-refractivity contribution < 1.29 is 46.9 Å². The van der Waals surface area contributed by atoms with Crippen molar-refractivity contribution in [3.63, 3.8) is 0 Å². The first-order valence-electron chi connectivity index (χ1n) is 14.2. The molecular weight excluding hydrogens is 577 g/mol. The summed E-state index contributed by atoms with van der Waals surface area (Å²) in [6, 6.07) is 5.75. The van der Waals surface area contributed by atoms with Crippen molar-refractivity contribution in [1.82, 2.24) is 9.80 Å². The van der Waals surface area contributed by atoms with Crippen LogP contribution in [-0.4, -0.2) is 83.4 Å². The van der Waals surface area contributed by atoms with Gasteiger partial charge >= 0.3 is 18.1 Å². The molecule has 0 saturated carbocycles. The summed E-state index contributed by atoms with van der Waals surface area (Å²) in [5.74, 6) is -3.10. The maximum absolute atomic E-state index is 13.5. The first kappa shape index (κ1) is 33.7. The van der Waals surface area contributed by atoms with Crippen LogP contribution in [0.3, 0.4) is 0 Å². The number of carbonyl (C=O) groups is 4. The number of fused-ring (bicyclic) bond motifs is 3. The lowest BCUT2D eigenvalue weighted by Crippen LogP contribution is -2.59. The molecular formula is C29H39F3N2O7S. The molecule has 1 aromatic rings. The van der Waals surface area contributed by atoms with Crippen LogP contribution in [0.2, 0.25) is 0 Å². The zero-order valence-corrected chi connectivity index (χ0v) is 25.2. The molecule has 0 radical (unpaired) electrons. The van der Waals surface area contributed by atoms with E-state index in [1.165, 1.54) is 31.3 Å². The standard InChI is InChI=1S/C27H38N2O5S.C2HF3O2/c1-5-7-8-11-16-35-20-13-12-18(17-19(20)33-3)23-21-22(25(31)28(6-2)24(21)30)27(26(32)34-4)14-9-10-15-29(23)27;3-2(4,5)1(6)7/h12-13,17,21-23H,5-11,14-16H2,1-4H3;(H,6,7)/t21-,22-,23+,27-;/m0./s1. The number of hydrogen-bond donors (Lipinski definition) is 1. The minimum Gasteiger partial charge on any atom is -0.496 e. The maximum atomic E-state index is 13.5. The smallest absolute Gasteiger partial charge is 0.490 e. The van der Waals surface area contributed by atoms with Crippen molar-refractivity contribution in [2.45, 2.75) is 81.4 Å². The minimum atomic E-state index is -5.08. The Kier molecular flexibility index (Phi) is 11.3. The van der Waals surface area contributed by atoms with Gasteiger partial charge in [0.2, 0.25) is 11.8 Å². The fraction of sp³-hybridized carbons (Fsp3) is 0.655. The number of thioether (sulfide) groups is 1. The average Bonchev–Trinajstić information content (AvgIpc) is 3.42. The first-order valence-corrected chi connectivity index (χ1v) is 15.2. The summed E-state index contributed by atoms with van der Waals surface area (Å²) < 4.78 is 42.8. The van der Waals surface area contributed by atoms with Gasteiger partial charge in [-0.05, 0) is 62.6 Å². The molecule has 1 aromatic carbocycles. The number of amides is 2. The second-order valence-corrected chi connectivity index (χ2v) is 11.7. The molecule has 3 aliphatic rings. The van der Waals surface area contributed by atoms with E-state index < -0.39 is 35.5 Å². The largest absolute Gasteiger partial charge is 0.496 e. The molecule has 3 fully saturated rings. The average molecular weight is 617 g/mol. The van der Waals surface area contributed by atoms with Crippen LogP contribution < -0.4 is 4.74 Å². The molecule has 0 spiro atoms. The highest BCUT2D eigenvalue weighted by atomic mass is 32.2. The highest BCUT2D eigenvalue weighted by molar-refractivity contribution is 7.99. The molecule has 1 N–H and O–H groups in total. The highest BCUT2D eigenvalue weighted by Gasteiger charge is 2.72. The van der Waals surface area contributed by atoms with Gasteiger partial charge in [0.15, 0.2) is 0 Å². The van der Waals surface area contributed by atoms with E-state index in [1.54, 1.807) is 18.9 Å². The maximum Gasteiger partial charge on any atom is 0.490 e. The zero-order valence-electron chi connectivity index (χ0n) is 24.4. The van der Waals surface area contributed by atoms with E-state index in [0.717, 1.165) is 41.2 Å². The van der Waals surface area contributed by atoms with E-state index in [2.05, 4.69) is 17.9 Å². The Morgan fingerprint density at radius 2 is 1.79 bits per heavy atom. The molecule has 2 amide bonds. The summed E-state index contributed by atoms with van der Waals surface area (Å²) in [5, 5.41) is 7.12. The van der Waals surface area contributed by atoms with Gasteiger partial charge in [-0.25, -0.2) is 4.79 Å². The van der Waals surface area contributed by atoms with Gasteiger partial charge in [0.05, 0.1) is 26.1 Å². The van der Waals surface area contributed by atoms with Crippen LogP contribution in [0.4, 0.5) is 13.2 Å². The van der Waals surface area contributed by atoms with Crippen LogP contribution in [0.25, 0.3) is 0 Å². The SMILES string of the molecule is CCCCCCSc1ccc([C@@H]2[C@H]3C(=O)N(CC)C(=O)[C@H]3[C@]3(C(=O)OC)CCCCN23)cc1OC.O=C(O)C(F)(F)F. The number of piperidine rings is 1. The lowest BCUT2D eigenvalue weighted by molar-refractivity contribution is -0.192. The third-order valence-electron chi connectivity index (χ3n) is 8.23. The molecule has 3 aliphatic heterocycles. The van der Waals surface area contributed by atoms with Crippen molar-refractivity contribution in [3.05, 3.63) is 23.8 Å². The lowest BCUT2D eigenvalue weighted by Gasteiger charge is -2.44. The van der Waals surface area contributed by atoms with E-state index in [9.17, 15) is 27.6 Å². The Morgan fingerprint density at radius 3 is 2.36 bits per heavy atom. The van der Waals surface area contributed by atoms with Crippen molar-refractivity contribution in [1.29, 1.82) is 0 Å². The van der Waals surface area contributed by atoms with Gasteiger partial charge in [0.1, 0.15) is 11.3 Å². The fourth-order valence-electron chi connectivity index (χ4n) is 6.43. The number of methoxy groups -OCH3 is 2. The molecule has 0 bridgehead atoms. The molecule has 9 nitrogen and oxygen atoms in total. The quantitative estimate of drug-likeness (QED) is 0.167. The first-order chi connectivity index (χ1) is 19.9. The van der Waals surface area contributed by atoms with Gasteiger partial charge in [0.25, 0.3) is 0 Å². The van der Waals surface area contributed by atoms with Gasteiger partial charge in [-0.3, -0.25) is 24.2 Å². The second-order valence-electron chi connectivity index (χ2n) is 10.6. The molecule has 4 rings (SSSR count). The normalized spacial score (nSPS) is 25.4. The number of esters is 1. The van der Waals surface area contributed by atoms with Crippen LogP contribution >= 0.6 is 11.8 Å². The number of ether oxygens (including phenoxy) is 2. The number of alkyl halides is 3. The Morgan fingerprint density at radius 1 is 1.10 bits per heavy atom. The van der Waals surface area contributed by atoms with Gasteiger partial charge in [-0.1, -0.05) is 32.3 Å². The summed E-state index contributed by atoms with van der Waals surface area (Å²) in [6.45, 7) is 4.98. The van der Waals surface area contributed by atoms with Crippen molar-refractivity contribution in [2.75, 3.05) is 33.1 Å². The Labute approximate surface area is 248 Å². The molecule has 3 saturated heterocycles. The van der Waals surface area contributed by atoms with E-state index in [-0.39, 0.29) is 17.9 Å². The predicted molar refractivity (Wildman–Crippen MR) is 149 cm³/mol. The van der Waals surface area contributed by atoms with E-state index in [0.29, 0.717) is 19.5 Å². The van der Waals surface area contributed by atoms with Crippen LogP contribution in [-0.2, 0) is 23.9 Å². The van der Waals surface area contributed by atoms with E-state index >= 15 is 0 Å². The molecule has 13 heteroatoms. The van der Waals surface area contributed by atoms with Gasteiger partial charge in [0, 0.05) is 17.5 Å². The number of hydrogen-bond acceptors (Lipinski definition) is 8. The fourth-order valence-corrected chi connectivity index (χ4v) is 7.44. The van der Waals surface area contributed by atoms with Crippen LogP contribution in [0, 0.1) is 11.8 Å². The summed E-state index contributed by atoms with van der Waals surface area (Å²) in [5.41, 5.74) is -0.183. The monoisotopic (exact) mass is 616 g/mol. The topological polar surface area (TPSA) is 113 Å². The lowest BCUT2D eigenvalue weighted by atomic mass is 9.75. The number of halogens is 3. The number of unbranched alkanes of at least 4 members (excludes halogenated alkanes) is 3. The molecule has 234 valence electrons. The predicted octanol–water partition coefficient (Wildman–Crippen LogP) is 5.07. The van der Waals surface area contributed by atoms with Gasteiger partial charge in [-0.2, -0.15) is 13.2 Å². The summed E-state index contributed by atoms with van der Waals surface area (Å²) in [6.07, 6.45) is 2.03. The number of nitrogens with zero attached hydrogens (tertiary/aromatic N) is 2. The summed E-state index contributed by atoms with van der Waals surface area (Å²) >= 11 is 1.79. The second kappa shape index (κ2) is 14.1. The Bertz CT molecular complexity index is 1160. The molecule has 42 heavy (non-hydrogen) atoms. The van der Waals surface area contributed by atoms with E-state index in [1.807, 2.05) is 19.1 Å². The molecule has 0 aromatic heterocycles. The number of likely N-dealkylation sites (tertiary alicyclic amines) is 1. The van der Waals surface area contributed by atoms with Gasteiger partial charge in [-0.15, -0.1) is 11.8 Å². The Balaban J connectivity index is 0.000000616. The number of aliphatic carboxylic acids is 1. The van der Waals surface area contributed by atoms with Crippen LogP contribution in [0.1, 0.15) is 70.4 Å². The van der Waals surface area contributed by atoms with Crippen LogP contribution in [0.15, 0.2) is 23.1 Å². The van der Waals surface area contributed by atoms with Crippen LogP contribution in [0.5, 0.6) is 5.75 Å². The number of carboxylic acids is 1. The van der Waals surface area contributed by atoms with Crippen molar-refractivity contribution in [3.8, 4) is 5.75 Å². The number of imide groups is 1. The van der Waals surface area contributed by atoms with Gasteiger partial charge < -0.3 is 14.6 Å². The number of carbonyl (C=O) groups excluding carboxylic acids is 3. The summed E-state index contributed by atoms with van der Waals surface area (Å²) in [7, 11) is 3.04. The highest BCUT2D eigenvalue weighted by Crippen LogP contribution is 2.58. The number of benzene rings is 1. The van der Waals surface area contributed by atoms with E-state index in [4.69, 9.17) is 19.4 Å². The molecule has 0 aliphatic carbocycles. The molecule has 4 atom stereocenters. The van der Waals surface area contributed by atoms with Crippen molar-refractivity contribution in [2.24, 2.45) is 11.8 Å². The summed E-state index contributed by atoms with van der Waals surface area (Å²) in [4.78, 5) is 53.8. The Hall–Kier alpha value is -2.80. The number of rotatable bonds is 10. The number of carboxylic acid groups (broad SMARTS) is 1. The molecule has 3 heterocycles. The minimum absolute atomic E-state index is 0.182.